The molecule has 0 aliphatic heterocycles. The molecule has 0 aromatic heterocycles. The second kappa shape index (κ2) is 4.02. The highest BCUT2D eigenvalue weighted by atomic mass is 32.3. The molecule has 1 N–H and O–H groups in total. The molecule has 1 aromatic rings. The van der Waals surface area contributed by atoms with Crippen LogP contribution in [0.2, 0.25) is 0 Å². The van der Waals surface area contributed by atoms with Gasteiger partial charge in [-0.3, -0.25) is 8.93 Å². The Kier molecular flexibility index (Phi) is 3.18. The first-order valence-corrected chi connectivity index (χ1v) is 6.36. The van der Waals surface area contributed by atoms with Gasteiger partial charge >= 0.3 is 0 Å². The number of benzene rings is 1. The van der Waals surface area contributed by atoms with Crippen molar-refractivity contribution in [3.63, 3.8) is 0 Å². The SMILES string of the molecule is C=Cc1c(F)cccc1[SH](C)(=O)NC. The van der Waals surface area contributed by atoms with Gasteiger partial charge in [0.2, 0.25) is 0 Å². The molecule has 0 aliphatic carbocycles. The number of hydrogen-bond donors (Lipinski definition) is 2. The van der Waals surface area contributed by atoms with Crippen molar-refractivity contribution in [2.24, 2.45) is 0 Å². The van der Waals surface area contributed by atoms with Crippen LogP contribution in [0.3, 0.4) is 0 Å². The molecule has 1 aromatic carbocycles. The molecule has 0 spiro atoms. The van der Waals surface area contributed by atoms with Crippen molar-refractivity contribution in [3.8, 4) is 0 Å². The fourth-order valence-corrected chi connectivity index (χ4v) is 2.49. The van der Waals surface area contributed by atoms with Crippen molar-refractivity contribution in [3.05, 3.63) is 36.2 Å². The molecule has 0 radical (unpaired) electrons. The van der Waals surface area contributed by atoms with E-state index >= 15 is 0 Å². The van der Waals surface area contributed by atoms with Crippen LogP contribution in [-0.2, 0) is 10.1 Å². The van der Waals surface area contributed by atoms with E-state index in [4.69, 9.17) is 0 Å². The molecular weight excluding hydrogens is 201 g/mol. The van der Waals surface area contributed by atoms with Gasteiger partial charge < -0.3 is 0 Å². The lowest BCUT2D eigenvalue weighted by molar-refractivity contribution is 0.618. The van der Waals surface area contributed by atoms with Gasteiger partial charge in [0.15, 0.2) is 0 Å². The third-order valence-corrected chi connectivity index (χ3v) is 4.28. The van der Waals surface area contributed by atoms with Crippen LogP contribution >= 0.6 is 0 Å². The fraction of sp³-hybridized carbons (Fsp3) is 0.200. The molecule has 1 rings (SSSR count). The average molecular weight is 215 g/mol. The molecule has 0 unspecified atom stereocenters. The van der Waals surface area contributed by atoms with E-state index in [0.717, 1.165) is 0 Å². The summed E-state index contributed by atoms with van der Waals surface area (Å²) in [5.74, 6) is -0.394. The van der Waals surface area contributed by atoms with Gasteiger partial charge in [0, 0.05) is 16.7 Å². The highest BCUT2D eigenvalue weighted by molar-refractivity contribution is 8.00. The average Bonchev–Trinajstić information content (AvgIpc) is 2.17. The van der Waals surface area contributed by atoms with E-state index in [2.05, 4.69) is 11.3 Å². The van der Waals surface area contributed by atoms with E-state index in [1.165, 1.54) is 12.1 Å². The molecule has 0 fully saturated rings. The lowest BCUT2D eigenvalue weighted by atomic mass is 10.2. The molecule has 78 valence electrons. The van der Waals surface area contributed by atoms with Gasteiger partial charge in [-0.15, -0.1) is 0 Å². The zero-order valence-corrected chi connectivity index (χ0v) is 9.14. The van der Waals surface area contributed by atoms with Gasteiger partial charge in [-0.05, 0) is 29.3 Å². The molecule has 0 saturated heterocycles. The molecule has 0 bridgehead atoms. The highest BCUT2D eigenvalue weighted by Gasteiger charge is 2.14. The summed E-state index contributed by atoms with van der Waals surface area (Å²) in [5.41, 5.74) is 0.313. The smallest absolute Gasteiger partial charge is 0.131 e. The summed E-state index contributed by atoms with van der Waals surface area (Å²) in [6, 6.07) is 4.53. The Bertz CT molecular complexity index is 403. The molecule has 2 nitrogen and oxygen atoms in total. The van der Waals surface area contributed by atoms with Crippen LogP contribution < -0.4 is 4.72 Å². The fourth-order valence-electron chi connectivity index (χ4n) is 1.22. The summed E-state index contributed by atoms with van der Waals surface area (Å²) in [6.45, 7) is 3.51. The summed E-state index contributed by atoms with van der Waals surface area (Å²) < 4.78 is 28.0. The molecule has 0 saturated carbocycles. The van der Waals surface area contributed by atoms with Crippen LogP contribution in [0.15, 0.2) is 29.7 Å². The molecule has 14 heavy (non-hydrogen) atoms. The van der Waals surface area contributed by atoms with Crippen LogP contribution in [-0.4, -0.2) is 17.5 Å². The second-order valence-corrected chi connectivity index (χ2v) is 5.80. The minimum Gasteiger partial charge on any atom is -0.267 e. The van der Waals surface area contributed by atoms with Crippen LogP contribution in [0.5, 0.6) is 0 Å². The normalized spacial score (nSPS) is 12.5. The largest absolute Gasteiger partial charge is 0.267 e. The van der Waals surface area contributed by atoms with E-state index in [1.54, 1.807) is 25.4 Å². The first-order valence-electron chi connectivity index (χ1n) is 4.21. The number of rotatable bonds is 3. The first-order chi connectivity index (χ1) is 6.53. The van der Waals surface area contributed by atoms with Gasteiger partial charge in [-0.25, -0.2) is 4.39 Å². The summed E-state index contributed by atoms with van der Waals surface area (Å²) >= 11 is 0. The maximum Gasteiger partial charge on any atom is 0.131 e. The molecule has 0 heterocycles. The molecule has 0 atom stereocenters. The predicted molar refractivity (Wildman–Crippen MR) is 59.3 cm³/mol. The Morgan fingerprint density at radius 1 is 1.57 bits per heavy atom. The summed E-state index contributed by atoms with van der Waals surface area (Å²) in [4.78, 5) is 0.481. The van der Waals surface area contributed by atoms with Gasteiger partial charge in [-0.2, -0.15) is 0 Å². The molecular formula is C10H14FNOS. The van der Waals surface area contributed by atoms with E-state index < -0.39 is 15.9 Å². The molecule has 0 amide bonds. The monoisotopic (exact) mass is 215 g/mol. The molecule has 0 aliphatic rings. The lowest BCUT2D eigenvalue weighted by Crippen LogP contribution is -2.27. The van der Waals surface area contributed by atoms with Crippen LogP contribution in [0.1, 0.15) is 5.56 Å². The van der Waals surface area contributed by atoms with Gasteiger partial charge in [0.05, 0.1) is 0 Å². The Balaban J connectivity index is 3.42. The quantitative estimate of drug-likeness (QED) is 0.737. The Morgan fingerprint density at radius 2 is 2.21 bits per heavy atom. The van der Waals surface area contributed by atoms with Crippen molar-refractivity contribution in [2.45, 2.75) is 4.90 Å². The van der Waals surface area contributed by atoms with Crippen molar-refractivity contribution in [1.29, 1.82) is 0 Å². The second-order valence-electron chi connectivity index (χ2n) is 3.02. The minimum atomic E-state index is -2.67. The third-order valence-electron chi connectivity index (χ3n) is 2.12. The zero-order valence-electron chi connectivity index (χ0n) is 8.25. The predicted octanol–water partition coefficient (Wildman–Crippen LogP) is 1.61. The number of halogens is 1. The lowest BCUT2D eigenvalue weighted by Gasteiger charge is -2.20. The zero-order chi connectivity index (χ0) is 10.8. The van der Waals surface area contributed by atoms with Crippen LogP contribution in [0, 0.1) is 5.82 Å². The Hall–Kier alpha value is -1.00. The van der Waals surface area contributed by atoms with E-state index in [0.29, 0.717) is 10.5 Å². The number of thiol groups is 1. The maximum absolute atomic E-state index is 13.3. The van der Waals surface area contributed by atoms with Crippen LogP contribution in [0.25, 0.3) is 6.08 Å². The molecule has 4 heteroatoms. The van der Waals surface area contributed by atoms with Crippen molar-refractivity contribution >= 4 is 16.2 Å². The maximum atomic E-state index is 13.3. The van der Waals surface area contributed by atoms with E-state index in [1.807, 2.05) is 0 Å². The first kappa shape index (κ1) is 11.1. The van der Waals surface area contributed by atoms with E-state index in [9.17, 15) is 8.60 Å². The third kappa shape index (κ3) is 1.91. The van der Waals surface area contributed by atoms with Gasteiger partial charge in [0.25, 0.3) is 0 Å². The van der Waals surface area contributed by atoms with Crippen LogP contribution in [0.4, 0.5) is 4.39 Å². The van der Waals surface area contributed by atoms with Crippen molar-refractivity contribution in [2.75, 3.05) is 13.3 Å². The Labute approximate surface area is 84.4 Å². The van der Waals surface area contributed by atoms with E-state index in [-0.39, 0.29) is 0 Å². The number of hydrogen-bond acceptors (Lipinski definition) is 1. The number of nitrogens with one attached hydrogen (secondary N) is 1. The summed E-state index contributed by atoms with van der Waals surface area (Å²) in [6.07, 6.45) is 2.95. The Morgan fingerprint density at radius 3 is 2.71 bits per heavy atom. The topological polar surface area (TPSA) is 29.1 Å². The van der Waals surface area contributed by atoms with Gasteiger partial charge in [0.1, 0.15) is 5.82 Å². The van der Waals surface area contributed by atoms with Gasteiger partial charge in [-0.1, -0.05) is 18.7 Å². The highest BCUT2D eigenvalue weighted by Crippen LogP contribution is 2.22. The standard InChI is InChI=1S/C10H14FNOS/c1-4-8-9(11)6-5-7-10(8)14(3,13)12-2/h4-7,14H,1H2,2-3H3,(H,12,13). The van der Waals surface area contributed by atoms with Crippen molar-refractivity contribution < 1.29 is 8.60 Å². The van der Waals surface area contributed by atoms with Crippen molar-refractivity contribution in [1.82, 2.24) is 4.72 Å². The summed E-state index contributed by atoms with van der Waals surface area (Å²) in [5, 5.41) is 0. The minimum absolute atomic E-state index is 0.313. The summed E-state index contributed by atoms with van der Waals surface area (Å²) in [7, 11) is -1.07.